The fraction of sp³-hybridized carbons (Fsp3) is 0.111. The Kier molecular flexibility index (Phi) is 4.51. The maximum atomic E-state index is 12.8. The molecule has 3 rings (SSSR count). The van der Waals surface area contributed by atoms with Gasteiger partial charge < -0.3 is 4.90 Å². The average Bonchev–Trinajstić information content (AvgIpc) is 2.57. The summed E-state index contributed by atoms with van der Waals surface area (Å²) in [6.07, 6.45) is 1.66. The van der Waals surface area contributed by atoms with Crippen molar-refractivity contribution in [3.63, 3.8) is 0 Å². The largest absolute Gasteiger partial charge is 0.337 e. The summed E-state index contributed by atoms with van der Waals surface area (Å²) in [5.74, 6) is -0.0605. The van der Waals surface area contributed by atoms with E-state index in [0.29, 0.717) is 22.2 Å². The van der Waals surface area contributed by atoms with Crippen molar-refractivity contribution >= 4 is 40.0 Å². The highest BCUT2D eigenvalue weighted by atomic mass is 35.5. The third-order valence-electron chi connectivity index (χ3n) is 3.63. The van der Waals surface area contributed by atoms with Gasteiger partial charge in [0.2, 0.25) is 0 Å². The molecule has 0 saturated heterocycles. The number of nitrogens with zero attached hydrogens (tertiary/aromatic N) is 2. The van der Waals surface area contributed by atoms with E-state index in [1.54, 1.807) is 36.3 Å². The number of carbonyl (C=O) groups is 1. The highest BCUT2D eigenvalue weighted by Crippen LogP contribution is 2.24. The molecule has 1 heterocycles. The summed E-state index contributed by atoms with van der Waals surface area (Å²) >= 11 is 11.9. The summed E-state index contributed by atoms with van der Waals surface area (Å²) in [5.41, 5.74) is 2.37. The third kappa shape index (κ3) is 3.31. The predicted octanol–water partition coefficient (Wildman–Crippen LogP) is 4.81. The number of benzene rings is 2. The van der Waals surface area contributed by atoms with Gasteiger partial charge in [-0.05, 0) is 29.8 Å². The van der Waals surface area contributed by atoms with Gasteiger partial charge in [-0.3, -0.25) is 9.78 Å². The third-order valence-corrected chi connectivity index (χ3v) is 4.37. The van der Waals surface area contributed by atoms with Gasteiger partial charge in [-0.25, -0.2) is 0 Å². The smallest absolute Gasteiger partial charge is 0.254 e. The van der Waals surface area contributed by atoms with Gasteiger partial charge in [-0.15, -0.1) is 0 Å². The van der Waals surface area contributed by atoms with Crippen molar-refractivity contribution in [1.29, 1.82) is 0 Å². The number of para-hydroxylation sites is 1. The maximum Gasteiger partial charge on any atom is 0.254 e. The Labute approximate surface area is 144 Å². The Morgan fingerprint density at radius 3 is 2.65 bits per heavy atom. The Morgan fingerprint density at radius 2 is 1.87 bits per heavy atom. The summed E-state index contributed by atoms with van der Waals surface area (Å²) in [6, 6.07) is 14.7. The monoisotopic (exact) mass is 344 g/mol. The van der Waals surface area contributed by atoms with Crippen LogP contribution in [0.1, 0.15) is 15.9 Å². The molecule has 1 aromatic heterocycles. The van der Waals surface area contributed by atoms with E-state index < -0.39 is 0 Å². The second kappa shape index (κ2) is 6.57. The van der Waals surface area contributed by atoms with Crippen molar-refractivity contribution in [3.05, 3.63) is 75.9 Å². The first-order valence-corrected chi connectivity index (χ1v) is 7.85. The molecule has 3 nitrogen and oxygen atoms in total. The summed E-state index contributed by atoms with van der Waals surface area (Å²) < 4.78 is 0. The number of pyridine rings is 1. The van der Waals surface area contributed by atoms with Gasteiger partial charge >= 0.3 is 0 Å². The number of halogens is 2. The van der Waals surface area contributed by atoms with Gasteiger partial charge in [-0.1, -0.05) is 47.5 Å². The fourth-order valence-electron chi connectivity index (χ4n) is 2.47. The number of rotatable bonds is 3. The van der Waals surface area contributed by atoms with Crippen LogP contribution in [0.25, 0.3) is 10.9 Å². The number of hydrogen-bond acceptors (Lipinski definition) is 2. The Morgan fingerprint density at radius 1 is 1.09 bits per heavy atom. The van der Waals surface area contributed by atoms with E-state index in [1.165, 1.54) is 0 Å². The second-order valence-electron chi connectivity index (χ2n) is 5.29. The van der Waals surface area contributed by atoms with Crippen LogP contribution in [-0.4, -0.2) is 22.8 Å². The van der Waals surface area contributed by atoms with Crippen molar-refractivity contribution in [1.82, 2.24) is 9.88 Å². The number of fused-ring (bicyclic) bond motifs is 1. The summed E-state index contributed by atoms with van der Waals surface area (Å²) in [7, 11) is 1.76. The molecule has 116 valence electrons. The molecule has 5 heteroatoms. The summed E-state index contributed by atoms with van der Waals surface area (Å²) in [6.45, 7) is 0.451. The van der Waals surface area contributed by atoms with E-state index in [0.717, 1.165) is 16.5 Å². The molecule has 3 aromatic rings. The highest BCUT2D eigenvalue weighted by Gasteiger charge is 2.15. The zero-order valence-electron chi connectivity index (χ0n) is 12.5. The van der Waals surface area contributed by atoms with Crippen LogP contribution in [-0.2, 0) is 6.54 Å². The molecule has 1 amide bonds. The van der Waals surface area contributed by atoms with Crippen molar-refractivity contribution < 1.29 is 4.79 Å². The van der Waals surface area contributed by atoms with Crippen molar-refractivity contribution in [2.75, 3.05) is 7.05 Å². The maximum absolute atomic E-state index is 12.8. The molecule has 0 spiro atoms. The zero-order valence-corrected chi connectivity index (χ0v) is 14.0. The molecule has 23 heavy (non-hydrogen) atoms. The lowest BCUT2D eigenvalue weighted by atomic mass is 10.1. The fourth-order valence-corrected chi connectivity index (χ4v) is 2.79. The van der Waals surface area contributed by atoms with Crippen molar-refractivity contribution in [3.8, 4) is 0 Å². The quantitative estimate of drug-likeness (QED) is 0.682. The number of amides is 1. The normalized spacial score (nSPS) is 10.7. The van der Waals surface area contributed by atoms with Gasteiger partial charge in [0.05, 0.1) is 21.1 Å². The van der Waals surface area contributed by atoms with Crippen LogP contribution in [0.2, 0.25) is 10.0 Å². The second-order valence-corrected chi connectivity index (χ2v) is 6.10. The lowest BCUT2D eigenvalue weighted by molar-refractivity contribution is 0.0787. The van der Waals surface area contributed by atoms with E-state index in [1.807, 2.05) is 30.3 Å². The highest BCUT2D eigenvalue weighted by molar-refractivity contribution is 6.42. The molecule has 0 aliphatic rings. The first-order valence-electron chi connectivity index (χ1n) is 7.09. The van der Waals surface area contributed by atoms with Gasteiger partial charge in [0.15, 0.2) is 0 Å². The molecule has 0 aliphatic heterocycles. The number of hydrogen-bond donors (Lipinski definition) is 0. The number of aromatic nitrogens is 1. The van der Waals surface area contributed by atoms with E-state index in [9.17, 15) is 4.79 Å². The molecule has 0 N–H and O–H groups in total. The van der Waals surface area contributed by atoms with Crippen molar-refractivity contribution in [2.24, 2.45) is 0 Å². The number of carbonyl (C=O) groups excluding carboxylic acids is 1. The zero-order chi connectivity index (χ0) is 16.4. The van der Waals surface area contributed by atoms with Crippen LogP contribution in [0.4, 0.5) is 0 Å². The molecule has 2 aromatic carbocycles. The first kappa shape index (κ1) is 15.8. The molecule has 0 bridgehead atoms. The van der Waals surface area contributed by atoms with Crippen LogP contribution in [0.15, 0.2) is 54.7 Å². The van der Waals surface area contributed by atoms with Crippen LogP contribution >= 0.6 is 23.2 Å². The van der Waals surface area contributed by atoms with Crippen molar-refractivity contribution in [2.45, 2.75) is 6.54 Å². The Balaban J connectivity index is 1.88. The Bertz CT molecular complexity index is 875. The lowest BCUT2D eigenvalue weighted by Gasteiger charge is -2.18. The van der Waals surface area contributed by atoms with Gasteiger partial charge in [0, 0.05) is 25.2 Å². The van der Waals surface area contributed by atoms with E-state index in [-0.39, 0.29) is 5.91 Å². The minimum atomic E-state index is -0.0605. The summed E-state index contributed by atoms with van der Waals surface area (Å²) in [4.78, 5) is 18.7. The first-order chi connectivity index (χ1) is 11.1. The molecular weight excluding hydrogens is 331 g/mol. The van der Waals surface area contributed by atoms with E-state index in [2.05, 4.69) is 4.98 Å². The predicted molar refractivity (Wildman–Crippen MR) is 94.0 cm³/mol. The van der Waals surface area contributed by atoms with Gasteiger partial charge in [0.25, 0.3) is 5.91 Å². The molecule has 0 saturated carbocycles. The average molecular weight is 345 g/mol. The minimum absolute atomic E-state index is 0.0605. The minimum Gasteiger partial charge on any atom is -0.337 e. The Hall–Kier alpha value is -2.10. The molecule has 0 aliphatic carbocycles. The van der Waals surface area contributed by atoms with Crippen LogP contribution in [0.3, 0.4) is 0 Å². The van der Waals surface area contributed by atoms with E-state index in [4.69, 9.17) is 23.2 Å². The SMILES string of the molecule is CN(Cc1ccc(Cl)c(Cl)c1)C(=O)c1ccnc2ccccc12. The van der Waals surface area contributed by atoms with Gasteiger partial charge in [-0.2, -0.15) is 0 Å². The van der Waals surface area contributed by atoms with E-state index >= 15 is 0 Å². The molecular formula is C18H14Cl2N2O. The standard InChI is InChI=1S/C18H14Cl2N2O/c1-22(11-12-6-7-15(19)16(20)10-12)18(23)14-8-9-21-17-5-3-2-4-13(14)17/h2-10H,11H2,1H3. The van der Waals surface area contributed by atoms with Crippen LogP contribution in [0.5, 0.6) is 0 Å². The molecule has 0 atom stereocenters. The lowest BCUT2D eigenvalue weighted by Crippen LogP contribution is -2.26. The summed E-state index contributed by atoms with van der Waals surface area (Å²) in [5, 5.41) is 1.84. The molecule has 0 fully saturated rings. The van der Waals surface area contributed by atoms with Gasteiger partial charge in [0.1, 0.15) is 0 Å². The molecule has 0 unspecified atom stereocenters. The molecule has 0 radical (unpaired) electrons. The topological polar surface area (TPSA) is 33.2 Å². The van der Waals surface area contributed by atoms with Crippen LogP contribution < -0.4 is 0 Å². The van der Waals surface area contributed by atoms with Crippen LogP contribution in [0, 0.1) is 0 Å².